The Morgan fingerprint density at radius 2 is 2.00 bits per heavy atom. The van der Waals surface area contributed by atoms with E-state index in [0.717, 1.165) is 31.0 Å². The van der Waals surface area contributed by atoms with Crippen molar-refractivity contribution in [2.75, 3.05) is 6.61 Å². The Bertz CT molecular complexity index is 291. The highest BCUT2D eigenvalue weighted by atomic mass is 16.5. The molecule has 0 fully saturated rings. The molecule has 0 aliphatic rings. The smallest absolute Gasteiger partial charge is 0.135 e. The average molecular weight is 206 g/mol. The zero-order valence-corrected chi connectivity index (χ0v) is 9.40. The molecule has 82 valence electrons. The number of para-hydroxylation sites is 1. The van der Waals surface area contributed by atoms with Gasteiger partial charge < -0.3 is 9.47 Å². The van der Waals surface area contributed by atoms with E-state index in [1.807, 2.05) is 37.3 Å². The molecule has 0 aliphatic heterocycles. The highest BCUT2D eigenvalue weighted by molar-refractivity contribution is 5.22. The monoisotopic (exact) mass is 206 g/mol. The van der Waals surface area contributed by atoms with Crippen LogP contribution < -0.4 is 4.74 Å². The minimum atomic E-state index is 0.756. The summed E-state index contributed by atoms with van der Waals surface area (Å²) in [5, 5.41) is 0. The Balaban J connectivity index is 2.32. The van der Waals surface area contributed by atoms with Gasteiger partial charge in [0.1, 0.15) is 17.8 Å². The van der Waals surface area contributed by atoms with Crippen molar-refractivity contribution in [3.8, 4) is 5.75 Å². The first-order valence-corrected chi connectivity index (χ1v) is 5.34. The van der Waals surface area contributed by atoms with E-state index >= 15 is 0 Å². The van der Waals surface area contributed by atoms with Crippen LogP contribution in [0.4, 0.5) is 0 Å². The molecular formula is C13H18O2. The molecule has 0 N–H and O–H groups in total. The molecule has 0 bridgehead atoms. The summed E-state index contributed by atoms with van der Waals surface area (Å²) in [6.07, 6.45) is 3.89. The second-order valence-corrected chi connectivity index (χ2v) is 3.37. The molecule has 0 unspecified atom stereocenters. The number of hydrogen-bond donors (Lipinski definition) is 0. The molecule has 0 spiro atoms. The van der Waals surface area contributed by atoms with Crippen LogP contribution >= 0.6 is 0 Å². The van der Waals surface area contributed by atoms with Crippen molar-refractivity contribution in [1.29, 1.82) is 0 Å². The normalized spacial score (nSPS) is 11.2. The van der Waals surface area contributed by atoms with Gasteiger partial charge in [-0.15, -0.1) is 0 Å². The number of benzene rings is 1. The van der Waals surface area contributed by atoms with Gasteiger partial charge in [0.2, 0.25) is 0 Å². The standard InChI is InChI=1S/C13H18O2/c1-3-4-10-14-11-12(2)15-13-8-6-5-7-9-13/h5-9,11H,3-4,10H2,1-2H3/b12-11+. The van der Waals surface area contributed by atoms with E-state index in [2.05, 4.69) is 6.92 Å². The van der Waals surface area contributed by atoms with Gasteiger partial charge in [0.05, 0.1) is 6.61 Å². The maximum Gasteiger partial charge on any atom is 0.135 e. The molecular weight excluding hydrogens is 188 g/mol. The summed E-state index contributed by atoms with van der Waals surface area (Å²) in [7, 11) is 0. The van der Waals surface area contributed by atoms with Crippen LogP contribution in [0.3, 0.4) is 0 Å². The summed E-state index contributed by atoms with van der Waals surface area (Å²) in [6.45, 7) is 4.78. The third-order valence-electron chi connectivity index (χ3n) is 1.89. The maximum atomic E-state index is 5.53. The van der Waals surface area contributed by atoms with Crippen LogP contribution in [0.25, 0.3) is 0 Å². The lowest BCUT2D eigenvalue weighted by Crippen LogP contribution is -1.93. The van der Waals surface area contributed by atoms with Gasteiger partial charge in [-0.25, -0.2) is 0 Å². The Labute approximate surface area is 91.5 Å². The van der Waals surface area contributed by atoms with Crippen LogP contribution in [0.15, 0.2) is 42.4 Å². The number of unbranched alkanes of at least 4 members (excludes halogenated alkanes) is 1. The molecule has 1 aromatic carbocycles. The van der Waals surface area contributed by atoms with Gasteiger partial charge in [-0.2, -0.15) is 0 Å². The van der Waals surface area contributed by atoms with Gasteiger partial charge in [0.15, 0.2) is 0 Å². The first-order valence-electron chi connectivity index (χ1n) is 5.34. The van der Waals surface area contributed by atoms with E-state index in [9.17, 15) is 0 Å². The fourth-order valence-corrected chi connectivity index (χ4v) is 1.10. The third-order valence-corrected chi connectivity index (χ3v) is 1.89. The van der Waals surface area contributed by atoms with E-state index < -0.39 is 0 Å². The van der Waals surface area contributed by atoms with E-state index in [-0.39, 0.29) is 0 Å². The highest BCUT2D eigenvalue weighted by Crippen LogP contribution is 2.12. The molecule has 2 heteroatoms. The van der Waals surface area contributed by atoms with Crippen molar-refractivity contribution in [1.82, 2.24) is 0 Å². The summed E-state index contributed by atoms with van der Waals surface area (Å²) >= 11 is 0. The largest absolute Gasteiger partial charge is 0.498 e. The summed E-state index contributed by atoms with van der Waals surface area (Å²) in [6, 6.07) is 9.69. The van der Waals surface area contributed by atoms with Crippen molar-refractivity contribution in [2.24, 2.45) is 0 Å². The summed E-state index contributed by atoms with van der Waals surface area (Å²) < 4.78 is 10.9. The molecule has 0 amide bonds. The van der Waals surface area contributed by atoms with Crippen molar-refractivity contribution >= 4 is 0 Å². The molecule has 15 heavy (non-hydrogen) atoms. The van der Waals surface area contributed by atoms with E-state index in [1.165, 1.54) is 0 Å². The molecule has 0 aromatic heterocycles. The molecule has 0 saturated heterocycles. The van der Waals surface area contributed by atoms with E-state index in [1.54, 1.807) is 6.26 Å². The van der Waals surface area contributed by atoms with Gasteiger partial charge in [-0.3, -0.25) is 0 Å². The fourth-order valence-electron chi connectivity index (χ4n) is 1.10. The van der Waals surface area contributed by atoms with Gasteiger partial charge in [0, 0.05) is 0 Å². The van der Waals surface area contributed by atoms with Crippen LogP contribution in [0.5, 0.6) is 5.75 Å². The lowest BCUT2D eigenvalue weighted by Gasteiger charge is -2.05. The molecule has 1 aromatic rings. The molecule has 0 aliphatic carbocycles. The topological polar surface area (TPSA) is 18.5 Å². The van der Waals surface area contributed by atoms with Gasteiger partial charge in [-0.05, 0) is 25.5 Å². The maximum absolute atomic E-state index is 5.53. The Hall–Kier alpha value is -1.44. The predicted molar refractivity (Wildman–Crippen MR) is 61.7 cm³/mol. The van der Waals surface area contributed by atoms with Crippen LogP contribution in [-0.2, 0) is 4.74 Å². The van der Waals surface area contributed by atoms with E-state index in [4.69, 9.17) is 9.47 Å². The van der Waals surface area contributed by atoms with Crippen molar-refractivity contribution in [2.45, 2.75) is 26.7 Å². The molecule has 0 heterocycles. The van der Waals surface area contributed by atoms with Gasteiger partial charge in [-0.1, -0.05) is 31.5 Å². The van der Waals surface area contributed by atoms with Crippen LogP contribution in [0.1, 0.15) is 26.7 Å². The molecule has 0 radical (unpaired) electrons. The summed E-state index contributed by atoms with van der Waals surface area (Å²) in [4.78, 5) is 0. The Morgan fingerprint density at radius 3 is 2.67 bits per heavy atom. The first-order chi connectivity index (χ1) is 7.33. The van der Waals surface area contributed by atoms with Crippen LogP contribution in [-0.4, -0.2) is 6.61 Å². The number of rotatable bonds is 6. The quantitative estimate of drug-likeness (QED) is 0.521. The second-order valence-electron chi connectivity index (χ2n) is 3.37. The minimum absolute atomic E-state index is 0.756. The zero-order chi connectivity index (χ0) is 10.9. The van der Waals surface area contributed by atoms with Gasteiger partial charge in [0.25, 0.3) is 0 Å². The lowest BCUT2D eigenvalue weighted by atomic mass is 10.3. The Kier molecular flexibility index (Phi) is 5.38. The molecule has 0 atom stereocenters. The number of ether oxygens (including phenoxy) is 2. The van der Waals surface area contributed by atoms with Crippen LogP contribution in [0, 0.1) is 0 Å². The van der Waals surface area contributed by atoms with Gasteiger partial charge >= 0.3 is 0 Å². The SMILES string of the molecule is CCCCO/C=C(\C)Oc1ccccc1. The molecule has 1 rings (SSSR count). The Morgan fingerprint density at radius 1 is 1.27 bits per heavy atom. The lowest BCUT2D eigenvalue weighted by molar-refractivity contribution is 0.227. The summed E-state index contributed by atoms with van der Waals surface area (Å²) in [5.74, 6) is 1.61. The minimum Gasteiger partial charge on any atom is -0.498 e. The zero-order valence-electron chi connectivity index (χ0n) is 9.40. The fraction of sp³-hybridized carbons (Fsp3) is 0.385. The van der Waals surface area contributed by atoms with Crippen LogP contribution in [0.2, 0.25) is 0 Å². The predicted octanol–water partition coefficient (Wildman–Crippen LogP) is 3.74. The second kappa shape index (κ2) is 6.93. The highest BCUT2D eigenvalue weighted by Gasteiger charge is 1.93. The third kappa shape index (κ3) is 5.11. The summed E-state index contributed by atoms with van der Waals surface area (Å²) in [5.41, 5.74) is 0. The van der Waals surface area contributed by atoms with Crippen molar-refractivity contribution in [3.63, 3.8) is 0 Å². The van der Waals surface area contributed by atoms with Crippen molar-refractivity contribution < 1.29 is 9.47 Å². The van der Waals surface area contributed by atoms with Crippen molar-refractivity contribution in [3.05, 3.63) is 42.4 Å². The number of hydrogen-bond acceptors (Lipinski definition) is 2. The molecule has 2 nitrogen and oxygen atoms in total. The van der Waals surface area contributed by atoms with E-state index in [0.29, 0.717) is 0 Å². The molecule has 0 saturated carbocycles. The average Bonchev–Trinajstić information content (AvgIpc) is 2.26. The first kappa shape index (κ1) is 11.6. The number of allylic oxidation sites excluding steroid dienone is 1.